The second-order valence-electron chi connectivity index (χ2n) is 4.41. The van der Waals surface area contributed by atoms with Crippen molar-refractivity contribution in [1.29, 1.82) is 0 Å². The number of hydrogen-bond donors (Lipinski definition) is 0. The van der Waals surface area contributed by atoms with Crippen LogP contribution in [-0.4, -0.2) is 0 Å². The molecule has 0 heterocycles. The fourth-order valence-electron chi connectivity index (χ4n) is 1.75. The number of hydrogen-bond acceptors (Lipinski definition) is 0. The van der Waals surface area contributed by atoms with Gasteiger partial charge in [-0.1, -0.05) is 69.6 Å². The van der Waals surface area contributed by atoms with E-state index in [4.69, 9.17) is 11.6 Å². The van der Waals surface area contributed by atoms with Crippen molar-refractivity contribution in [2.45, 2.75) is 33.6 Å². The van der Waals surface area contributed by atoms with Crippen LogP contribution in [0.4, 0.5) is 4.39 Å². The van der Waals surface area contributed by atoms with Crippen LogP contribution in [0.5, 0.6) is 0 Å². The highest BCUT2D eigenvalue weighted by molar-refractivity contribution is 6.31. The summed E-state index contributed by atoms with van der Waals surface area (Å²) >= 11 is 5.79. The molecule has 0 spiro atoms. The smallest absolute Gasteiger partial charge is 0.141 e. The molecule has 2 rings (SSSR count). The van der Waals surface area contributed by atoms with Gasteiger partial charge in [0.1, 0.15) is 5.82 Å². The Bertz CT molecular complexity index is 533. The Morgan fingerprint density at radius 2 is 1.58 bits per heavy atom. The quantitative estimate of drug-likeness (QED) is 0.605. The summed E-state index contributed by atoms with van der Waals surface area (Å²) in [7, 11) is 0. The predicted octanol–water partition coefficient (Wildman–Crippen LogP) is 6.30. The van der Waals surface area contributed by atoms with E-state index in [1.54, 1.807) is 12.1 Å². The zero-order valence-corrected chi connectivity index (χ0v) is 12.6. The molecule has 0 saturated heterocycles. The van der Waals surface area contributed by atoms with Gasteiger partial charge in [0.25, 0.3) is 0 Å². The Hall–Kier alpha value is -1.34. The molecule has 0 bridgehead atoms. The summed E-state index contributed by atoms with van der Waals surface area (Å²) in [6.07, 6.45) is 0. The first-order valence-corrected chi connectivity index (χ1v) is 7.01. The minimum absolute atomic E-state index is 0.164. The van der Waals surface area contributed by atoms with Crippen molar-refractivity contribution in [2.75, 3.05) is 0 Å². The molecule has 0 nitrogen and oxygen atoms in total. The maximum absolute atomic E-state index is 13.1. The van der Waals surface area contributed by atoms with Gasteiger partial charge < -0.3 is 0 Å². The van der Waals surface area contributed by atoms with Crippen LogP contribution in [0, 0.1) is 5.82 Å². The zero-order valence-electron chi connectivity index (χ0n) is 11.9. The molecule has 0 aliphatic heterocycles. The van der Waals surface area contributed by atoms with E-state index in [1.165, 1.54) is 11.6 Å². The lowest BCUT2D eigenvalue weighted by atomic mass is 9.97. The average molecular weight is 279 g/mol. The molecule has 0 aromatic heterocycles. The summed E-state index contributed by atoms with van der Waals surface area (Å²) in [5.41, 5.74) is 3.28. The minimum Gasteiger partial charge on any atom is -0.205 e. The normalized spacial score (nSPS) is 10.1. The summed E-state index contributed by atoms with van der Waals surface area (Å²) in [5.74, 6) is 0.0984. The summed E-state index contributed by atoms with van der Waals surface area (Å²) in [5, 5.41) is 0.164. The second kappa shape index (κ2) is 7.30. The van der Waals surface area contributed by atoms with Crippen molar-refractivity contribution in [3.63, 3.8) is 0 Å². The molecule has 2 aromatic rings. The van der Waals surface area contributed by atoms with Gasteiger partial charge in [0.15, 0.2) is 0 Å². The minimum atomic E-state index is -0.379. The van der Waals surface area contributed by atoms with E-state index in [0.29, 0.717) is 5.92 Å². The molecule has 2 heteroatoms. The van der Waals surface area contributed by atoms with Crippen LogP contribution in [0.2, 0.25) is 5.02 Å². The molecule has 0 amide bonds. The van der Waals surface area contributed by atoms with Crippen LogP contribution in [0.15, 0.2) is 42.5 Å². The van der Waals surface area contributed by atoms with Crippen LogP contribution >= 0.6 is 11.6 Å². The summed E-state index contributed by atoms with van der Waals surface area (Å²) in [4.78, 5) is 0. The molecule has 0 atom stereocenters. The van der Waals surface area contributed by atoms with E-state index in [2.05, 4.69) is 26.0 Å². The van der Waals surface area contributed by atoms with Gasteiger partial charge in [-0.15, -0.1) is 0 Å². The molecule has 102 valence electrons. The van der Waals surface area contributed by atoms with Crippen molar-refractivity contribution in [2.24, 2.45) is 0 Å². The standard InChI is InChI=1S/C15H14ClF.C2H6/c1-10(2)11-4-3-5-12(8-11)13-6-7-15(17)14(16)9-13;1-2/h3-10H,1-2H3;1-2H3. The lowest BCUT2D eigenvalue weighted by Gasteiger charge is -2.08. The summed E-state index contributed by atoms with van der Waals surface area (Å²) < 4.78 is 13.1. The summed E-state index contributed by atoms with van der Waals surface area (Å²) in [6.45, 7) is 8.30. The van der Waals surface area contributed by atoms with Crippen LogP contribution in [0.25, 0.3) is 11.1 Å². The first-order chi connectivity index (χ1) is 9.08. The van der Waals surface area contributed by atoms with Gasteiger partial charge in [0.2, 0.25) is 0 Å². The van der Waals surface area contributed by atoms with Crippen LogP contribution in [-0.2, 0) is 0 Å². The number of rotatable bonds is 2. The Labute approximate surface area is 120 Å². The lowest BCUT2D eigenvalue weighted by molar-refractivity contribution is 0.628. The van der Waals surface area contributed by atoms with Crippen molar-refractivity contribution in [3.8, 4) is 11.1 Å². The number of benzene rings is 2. The lowest BCUT2D eigenvalue weighted by Crippen LogP contribution is -1.88. The van der Waals surface area contributed by atoms with Gasteiger partial charge in [0, 0.05) is 0 Å². The molecule has 2 aromatic carbocycles. The SMILES string of the molecule is CC.CC(C)c1cccc(-c2ccc(F)c(Cl)c2)c1. The highest BCUT2D eigenvalue weighted by Crippen LogP contribution is 2.27. The summed E-state index contributed by atoms with van der Waals surface area (Å²) in [6, 6.07) is 13.1. The molecule has 0 unspecified atom stereocenters. The maximum atomic E-state index is 13.1. The second-order valence-corrected chi connectivity index (χ2v) is 4.82. The third-order valence-electron chi connectivity index (χ3n) is 2.81. The first-order valence-electron chi connectivity index (χ1n) is 6.63. The van der Waals surface area contributed by atoms with Crippen LogP contribution in [0.1, 0.15) is 39.2 Å². The molecular formula is C17H20ClF. The highest BCUT2D eigenvalue weighted by atomic mass is 35.5. The predicted molar refractivity (Wildman–Crippen MR) is 82.3 cm³/mol. The van der Waals surface area contributed by atoms with E-state index in [9.17, 15) is 4.39 Å². The molecule has 0 radical (unpaired) electrons. The molecule has 19 heavy (non-hydrogen) atoms. The Morgan fingerprint density at radius 3 is 2.16 bits per heavy atom. The molecule has 0 aliphatic rings. The molecule has 0 fully saturated rings. The molecule has 0 aliphatic carbocycles. The van der Waals surface area contributed by atoms with Gasteiger partial charge in [-0.3, -0.25) is 0 Å². The fraction of sp³-hybridized carbons (Fsp3) is 0.294. The van der Waals surface area contributed by atoms with E-state index < -0.39 is 0 Å². The van der Waals surface area contributed by atoms with Crippen molar-refractivity contribution < 1.29 is 4.39 Å². The Balaban J connectivity index is 0.000000861. The van der Waals surface area contributed by atoms with E-state index in [0.717, 1.165) is 11.1 Å². The van der Waals surface area contributed by atoms with Crippen molar-refractivity contribution in [1.82, 2.24) is 0 Å². The van der Waals surface area contributed by atoms with E-state index in [-0.39, 0.29) is 10.8 Å². The van der Waals surface area contributed by atoms with E-state index in [1.807, 2.05) is 26.0 Å². The average Bonchev–Trinajstić information content (AvgIpc) is 2.44. The molecular weight excluding hydrogens is 259 g/mol. The Kier molecular flexibility index (Phi) is 6.04. The zero-order chi connectivity index (χ0) is 14.4. The van der Waals surface area contributed by atoms with Crippen LogP contribution in [0.3, 0.4) is 0 Å². The van der Waals surface area contributed by atoms with Gasteiger partial charge in [-0.2, -0.15) is 0 Å². The van der Waals surface area contributed by atoms with Crippen molar-refractivity contribution in [3.05, 3.63) is 58.9 Å². The van der Waals surface area contributed by atoms with Gasteiger partial charge in [0.05, 0.1) is 5.02 Å². The Morgan fingerprint density at radius 1 is 0.947 bits per heavy atom. The number of halogens is 2. The monoisotopic (exact) mass is 278 g/mol. The topological polar surface area (TPSA) is 0 Å². The maximum Gasteiger partial charge on any atom is 0.141 e. The third-order valence-corrected chi connectivity index (χ3v) is 3.10. The van der Waals surface area contributed by atoms with Crippen molar-refractivity contribution >= 4 is 11.6 Å². The third kappa shape index (κ3) is 4.07. The van der Waals surface area contributed by atoms with Gasteiger partial charge in [-0.05, 0) is 34.7 Å². The van der Waals surface area contributed by atoms with Crippen LogP contribution < -0.4 is 0 Å². The molecule has 0 saturated carbocycles. The first kappa shape index (κ1) is 15.7. The van der Waals surface area contributed by atoms with Gasteiger partial charge >= 0.3 is 0 Å². The fourth-order valence-corrected chi connectivity index (χ4v) is 1.93. The van der Waals surface area contributed by atoms with Gasteiger partial charge in [-0.25, -0.2) is 4.39 Å². The highest BCUT2D eigenvalue weighted by Gasteiger charge is 2.05. The van der Waals surface area contributed by atoms with E-state index >= 15 is 0 Å². The molecule has 0 N–H and O–H groups in total. The largest absolute Gasteiger partial charge is 0.205 e.